The number of nitrogens with zero attached hydrogens (tertiary/aromatic N) is 4. The lowest BCUT2D eigenvalue weighted by molar-refractivity contribution is 0.634. The lowest BCUT2D eigenvalue weighted by Gasteiger charge is -2.37. The van der Waals surface area contributed by atoms with Crippen LogP contribution in [0.25, 0.3) is 0 Å². The van der Waals surface area contributed by atoms with Crippen LogP contribution in [0.15, 0.2) is 28.2 Å². The molecule has 0 spiro atoms. The highest BCUT2D eigenvalue weighted by Gasteiger charge is 2.21. The van der Waals surface area contributed by atoms with Crippen LogP contribution in [0, 0.1) is 13.8 Å². The average molecular weight is 331 g/mol. The Morgan fingerprint density at radius 1 is 1.09 bits per heavy atom. The van der Waals surface area contributed by atoms with Crippen molar-refractivity contribution in [2.75, 3.05) is 42.2 Å². The molecule has 0 aliphatic carbocycles. The summed E-state index contributed by atoms with van der Waals surface area (Å²) < 4.78 is 0. The molecule has 7 heteroatoms. The monoisotopic (exact) mass is 331 g/mol. The molecule has 3 rings (SSSR count). The minimum atomic E-state index is -0.0585. The lowest BCUT2D eigenvalue weighted by Crippen LogP contribution is -2.47. The maximum Gasteiger partial charge on any atom is 0.249 e. The number of hydrogen-bond acceptors (Lipinski definition) is 6. The first-order valence-electron chi connectivity index (χ1n) is 7.67. The number of rotatable bonds is 3. The summed E-state index contributed by atoms with van der Waals surface area (Å²) in [4.78, 5) is 28.0. The molecule has 3 heterocycles. The molecule has 1 fully saturated rings. The molecule has 2 aromatic heterocycles. The molecule has 1 aliphatic heterocycles. The third-order valence-corrected chi connectivity index (χ3v) is 4.75. The van der Waals surface area contributed by atoms with Gasteiger partial charge in [-0.25, -0.2) is 9.97 Å². The number of aromatic amines is 1. The van der Waals surface area contributed by atoms with Gasteiger partial charge in [-0.15, -0.1) is 0 Å². The van der Waals surface area contributed by atoms with E-state index in [0.29, 0.717) is 0 Å². The second-order valence-electron chi connectivity index (χ2n) is 5.62. The second kappa shape index (κ2) is 6.62. The smallest absolute Gasteiger partial charge is 0.249 e. The van der Waals surface area contributed by atoms with Crippen molar-refractivity contribution in [2.45, 2.75) is 19.0 Å². The largest absolute Gasteiger partial charge is 0.355 e. The Kier molecular flexibility index (Phi) is 4.56. The maximum absolute atomic E-state index is 11.5. The summed E-state index contributed by atoms with van der Waals surface area (Å²) in [6, 6.07) is 5.28. The van der Waals surface area contributed by atoms with Crippen LogP contribution < -0.4 is 15.4 Å². The third kappa shape index (κ3) is 3.34. The van der Waals surface area contributed by atoms with Gasteiger partial charge in [-0.1, -0.05) is 17.8 Å². The summed E-state index contributed by atoms with van der Waals surface area (Å²) in [5.74, 6) is 1.92. The average Bonchev–Trinajstić information content (AvgIpc) is 2.57. The number of piperazine rings is 1. The standard InChI is InChI=1S/C16H21N5OS/c1-11-12(2)17-16(23-3)19-15(11)21-9-7-20(8-10-21)13-5-4-6-14(22)18-13/h4-6H,7-10H2,1-3H3,(H,18,22). The number of thioether (sulfide) groups is 1. The molecule has 1 aliphatic rings. The van der Waals surface area contributed by atoms with Gasteiger partial charge in [0.25, 0.3) is 0 Å². The van der Waals surface area contributed by atoms with Crippen LogP contribution in [0.3, 0.4) is 0 Å². The minimum absolute atomic E-state index is 0.0585. The van der Waals surface area contributed by atoms with Gasteiger partial charge in [0.15, 0.2) is 5.16 Å². The van der Waals surface area contributed by atoms with E-state index >= 15 is 0 Å². The van der Waals surface area contributed by atoms with Crippen molar-refractivity contribution < 1.29 is 0 Å². The molecule has 1 N–H and O–H groups in total. The summed E-state index contributed by atoms with van der Waals surface area (Å²) >= 11 is 1.57. The normalized spacial score (nSPS) is 15.1. The van der Waals surface area contributed by atoms with Crippen molar-refractivity contribution in [3.05, 3.63) is 39.8 Å². The van der Waals surface area contributed by atoms with Crippen molar-refractivity contribution in [1.29, 1.82) is 0 Å². The van der Waals surface area contributed by atoms with E-state index in [1.807, 2.05) is 19.2 Å². The van der Waals surface area contributed by atoms with Crippen LogP contribution >= 0.6 is 11.8 Å². The molecular formula is C16H21N5OS. The van der Waals surface area contributed by atoms with Crippen molar-refractivity contribution in [3.63, 3.8) is 0 Å². The van der Waals surface area contributed by atoms with Gasteiger partial charge in [-0.3, -0.25) is 4.79 Å². The molecule has 0 radical (unpaired) electrons. The number of H-pyrrole nitrogens is 1. The van der Waals surface area contributed by atoms with Gasteiger partial charge in [0.05, 0.1) is 0 Å². The first-order valence-corrected chi connectivity index (χ1v) is 8.89. The van der Waals surface area contributed by atoms with Crippen LogP contribution in [0.1, 0.15) is 11.3 Å². The SMILES string of the molecule is CSc1nc(C)c(C)c(N2CCN(c3cccc(=O)[nH]3)CC2)n1. The summed E-state index contributed by atoms with van der Waals surface area (Å²) in [7, 11) is 0. The predicted molar refractivity (Wildman–Crippen MR) is 94.8 cm³/mol. The molecule has 6 nitrogen and oxygen atoms in total. The van der Waals surface area contributed by atoms with E-state index in [4.69, 9.17) is 0 Å². The Bertz CT molecular complexity index is 752. The number of anilines is 2. The van der Waals surface area contributed by atoms with Gasteiger partial charge in [-0.05, 0) is 26.2 Å². The highest BCUT2D eigenvalue weighted by molar-refractivity contribution is 7.98. The molecule has 0 saturated carbocycles. The van der Waals surface area contributed by atoms with Gasteiger partial charge >= 0.3 is 0 Å². The second-order valence-corrected chi connectivity index (χ2v) is 6.39. The zero-order chi connectivity index (χ0) is 16.4. The van der Waals surface area contributed by atoms with E-state index in [1.165, 1.54) is 6.07 Å². The molecule has 122 valence electrons. The molecular weight excluding hydrogens is 310 g/mol. The first kappa shape index (κ1) is 15.9. The van der Waals surface area contributed by atoms with E-state index in [2.05, 4.69) is 31.7 Å². The number of aryl methyl sites for hydroxylation is 1. The van der Waals surface area contributed by atoms with Crippen LogP contribution in [-0.4, -0.2) is 47.4 Å². The van der Waals surface area contributed by atoms with E-state index in [9.17, 15) is 4.79 Å². The Balaban J connectivity index is 1.77. The number of pyridine rings is 1. The van der Waals surface area contributed by atoms with Crippen LogP contribution in [0.4, 0.5) is 11.6 Å². The van der Waals surface area contributed by atoms with E-state index in [0.717, 1.165) is 54.2 Å². The fourth-order valence-corrected chi connectivity index (χ4v) is 3.17. The summed E-state index contributed by atoms with van der Waals surface area (Å²) in [6.45, 7) is 7.58. The van der Waals surface area contributed by atoms with E-state index < -0.39 is 0 Å². The maximum atomic E-state index is 11.5. The number of nitrogens with one attached hydrogen (secondary N) is 1. The topological polar surface area (TPSA) is 65.1 Å². The quantitative estimate of drug-likeness (QED) is 0.684. The minimum Gasteiger partial charge on any atom is -0.355 e. The van der Waals surface area contributed by atoms with E-state index in [-0.39, 0.29) is 5.56 Å². The predicted octanol–water partition coefficient (Wildman–Crippen LogP) is 1.83. The summed E-state index contributed by atoms with van der Waals surface area (Å²) in [5, 5.41) is 0.818. The zero-order valence-corrected chi connectivity index (χ0v) is 14.5. The molecule has 2 aromatic rings. The summed E-state index contributed by atoms with van der Waals surface area (Å²) in [6.07, 6.45) is 2.00. The fraction of sp³-hybridized carbons (Fsp3) is 0.438. The van der Waals surface area contributed by atoms with Gasteiger partial charge in [0.2, 0.25) is 5.56 Å². The number of hydrogen-bond donors (Lipinski definition) is 1. The number of aromatic nitrogens is 3. The van der Waals surface area contributed by atoms with Crippen molar-refractivity contribution >= 4 is 23.4 Å². The van der Waals surface area contributed by atoms with Crippen molar-refractivity contribution in [1.82, 2.24) is 15.0 Å². The van der Waals surface area contributed by atoms with E-state index in [1.54, 1.807) is 17.8 Å². The highest BCUT2D eigenvalue weighted by atomic mass is 32.2. The highest BCUT2D eigenvalue weighted by Crippen LogP contribution is 2.24. The Labute approximate surface area is 140 Å². The van der Waals surface area contributed by atoms with Crippen LogP contribution in [0.5, 0.6) is 0 Å². The molecule has 0 bridgehead atoms. The molecule has 23 heavy (non-hydrogen) atoms. The fourth-order valence-electron chi connectivity index (χ4n) is 2.77. The van der Waals surface area contributed by atoms with Crippen LogP contribution in [-0.2, 0) is 0 Å². The van der Waals surface area contributed by atoms with Gasteiger partial charge in [-0.2, -0.15) is 0 Å². The Morgan fingerprint density at radius 2 is 1.78 bits per heavy atom. The first-order chi connectivity index (χ1) is 11.1. The molecule has 0 amide bonds. The van der Waals surface area contributed by atoms with Crippen molar-refractivity contribution in [3.8, 4) is 0 Å². The lowest BCUT2D eigenvalue weighted by atomic mass is 10.2. The Morgan fingerprint density at radius 3 is 2.43 bits per heavy atom. The molecule has 0 atom stereocenters. The Hall–Kier alpha value is -2.02. The molecule has 0 aromatic carbocycles. The van der Waals surface area contributed by atoms with Crippen LogP contribution in [0.2, 0.25) is 0 Å². The zero-order valence-electron chi connectivity index (χ0n) is 13.7. The molecule has 1 saturated heterocycles. The van der Waals surface area contributed by atoms with Gasteiger partial charge in [0.1, 0.15) is 11.6 Å². The van der Waals surface area contributed by atoms with Crippen molar-refractivity contribution in [2.24, 2.45) is 0 Å². The summed E-state index contributed by atoms with van der Waals surface area (Å²) in [5.41, 5.74) is 2.12. The third-order valence-electron chi connectivity index (χ3n) is 4.20. The van der Waals surface area contributed by atoms with Gasteiger partial charge in [0, 0.05) is 43.5 Å². The molecule has 0 unspecified atom stereocenters. The van der Waals surface area contributed by atoms with Gasteiger partial charge < -0.3 is 14.8 Å².